The zero-order valence-corrected chi connectivity index (χ0v) is 77.7. The van der Waals surface area contributed by atoms with Crippen molar-refractivity contribution in [3.8, 4) is 84.7 Å². The van der Waals surface area contributed by atoms with Crippen LogP contribution in [0.15, 0.2) is 485 Å². The first kappa shape index (κ1) is 83.5. The molecule has 0 saturated heterocycles. The molecule has 0 atom stereocenters. The molecule has 0 aliphatic heterocycles. The van der Waals surface area contributed by atoms with Crippen LogP contribution in [0.4, 0.5) is 0 Å². The minimum Gasteiger partial charge on any atom is -0.309 e. The van der Waals surface area contributed by atoms with Crippen LogP contribution in [0.1, 0.15) is 12.7 Å². The summed E-state index contributed by atoms with van der Waals surface area (Å²) < 4.78 is 17.2. The highest BCUT2D eigenvalue weighted by atomic mass is 31.2. The van der Waals surface area contributed by atoms with Gasteiger partial charge in [-0.2, -0.15) is 0 Å². The number of nitrogens with zero attached hydrogens (tertiary/aromatic N) is 8. The van der Waals surface area contributed by atoms with E-state index in [1.807, 2.05) is 78.9 Å². The van der Waals surface area contributed by atoms with Crippen LogP contribution in [-0.2, 0) is 11.0 Å². The topological polar surface area (TPSA) is 112 Å². The van der Waals surface area contributed by atoms with E-state index in [1.165, 1.54) is 113 Å². The van der Waals surface area contributed by atoms with Gasteiger partial charge in [0.2, 0.25) is 0 Å². The van der Waals surface area contributed by atoms with Crippen molar-refractivity contribution in [1.82, 2.24) is 39.5 Å². The predicted octanol–water partition coefficient (Wildman–Crippen LogP) is 32.8. The van der Waals surface area contributed by atoms with Gasteiger partial charge in [0.25, 0.3) is 0 Å². The van der Waals surface area contributed by atoms with Gasteiger partial charge in [-0.1, -0.05) is 456 Å². The van der Waals surface area contributed by atoms with Gasteiger partial charge in [0.15, 0.2) is 24.6 Å². The third kappa shape index (κ3) is 14.5. The molecule has 0 radical (unpaired) electrons. The maximum Gasteiger partial charge on any atom is 0.171 e. The molecule has 0 spiro atoms. The van der Waals surface area contributed by atoms with Gasteiger partial charge in [-0.25, -0.2) is 34.9 Å². The van der Waals surface area contributed by atoms with Gasteiger partial charge in [0.1, 0.15) is 5.82 Å². The Labute approximate surface area is 812 Å². The van der Waals surface area contributed by atoms with E-state index in [4.69, 9.17) is 34.9 Å². The number of fused-ring (bicyclic) bond motifs is 27. The van der Waals surface area contributed by atoms with Crippen molar-refractivity contribution in [3.05, 3.63) is 491 Å². The highest BCUT2D eigenvalue weighted by Crippen LogP contribution is 2.48. The molecule has 0 N–H and O–H groups in total. The Morgan fingerprint density at radius 2 is 0.468 bits per heavy atom. The lowest BCUT2D eigenvalue weighted by molar-refractivity contribution is 0.592. The number of hydrogen-bond acceptors (Lipinski definition) is 8. The summed E-state index contributed by atoms with van der Waals surface area (Å²) in [5.41, 5.74) is 17.6. The SMILES string of the molecule is CCc1nc2ccccc2n1-c1ccc(-c2ccc(-c3nc4c5ccccc5c5ccccc5c4c4ccccc34)cc2)cc1.O=P(c1ccccc1)(c1ccccc1)c1ccc(-c2nc3c4ccccc4c4ccccc4c3c3ccccc23)cc1.c1ccc2cc(-c3nc(-c4ccc(-c5nc6c7ccccc7c7ccccc7c6c6ccccc56)cc4)nc(-c4ccc5ccccc5c4)n3)ccc2c1. The van der Waals surface area contributed by atoms with Crippen molar-refractivity contribution >= 4 is 185 Å². The number of para-hydroxylation sites is 2. The number of pyridine rings is 3. The second kappa shape index (κ2) is 34.9. The van der Waals surface area contributed by atoms with Crippen molar-refractivity contribution in [1.29, 1.82) is 0 Å². The second-order valence-electron chi connectivity index (χ2n) is 36.1. The molecule has 141 heavy (non-hydrogen) atoms. The molecule has 5 aromatic heterocycles. The molecule has 0 aliphatic carbocycles. The Balaban J connectivity index is 0.000000110. The first-order chi connectivity index (χ1) is 69.8. The molecule has 28 rings (SSSR count). The molecule has 0 aliphatic rings. The number of rotatable bonds is 12. The molecule has 9 nitrogen and oxygen atoms in total. The van der Waals surface area contributed by atoms with Crippen molar-refractivity contribution < 1.29 is 4.57 Å². The molecule has 0 saturated carbocycles. The minimum atomic E-state index is -3.06. The average Bonchev–Trinajstić information content (AvgIpc) is 1.31. The molecule has 28 aromatic rings. The number of aryl methyl sites for hydroxylation is 1. The van der Waals surface area contributed by atoms with Crippen LogP contribution in [-0.4, -0.2) is 39.5 Å². The van der Waals surface area contributed by atoms with Crippen LogP contribution < -0.4 is 15.9 Å². The van der Waals surface area contributed by atoms with Crippen LogP contribution in [0.2, 0.25) is 0 Å². The van der Waals surface area contributed by atoms with E-state index in [0.717, 1.165) is 144 Å². The highest BCUT2D eigenvalue weighted by Gasteiger charge is 2.31. The number of imidazole rings is 1. The standard InChI is InChI=1S/C50H30N4.C42H29N3.C39H26NOP/c1-3-13-35-29-37(27-21-31(35)11-1)49-52-48(53-50(54-49)38-28-22-32-12-2-4-14-36(32)30-38)34-25-23-33(24-26-34)46-44-20-10-8-18-42(44)45-41-17-7-5-15-39(41)40-16-6-9-19-43(40)47(45)51-46;1-2-39-43-37-17-9-10-18-38(37)45(39)30-25-23-28(24-26-30)27-19-21-29(22-20-27)41-36-16-8-6-14-34(36)40-33-13-5-3-11-31(33)32-12-4-7-15-35(32)42(40)44-41;41-42(28-13-3-1-4-14-28,29-15-5-2-6-16-29)30-25-23-27(24-26-30)38-36-22-12-10-20-34(36)37-33-19-9-7-17-31(33)32-18-8-11-21-35(32)39(37)40-38/h1-30H;3-26H,2H2,1H3;1-26H. The maximum absolute atomic E-state index is 14.9. The van der Waals surface area contributed by atoms with Gasteiger partial charge in [0.05, 0.1) is 44.7 Å². The summed E-state index contributed by atoms with van der Waals surface area (Å²) in [5, 5.41) is 32.3. The third-order valence-electron chi connectivity index (χ3n) is 28.1. The summed E-state index contributed by atoms with van der Waals surface area (Å²) in [4.78, 5) is 36.4. The smallest absolute Gasteiger partial charge is 0.171 e. The summed E-state index contributed by atoms with van der Waals surface area (Å²) in [6, 6.07) is 170. The first-order valence-electron chi connectivity index (χ1n) is 48.0. The van der Waals surface area contributed by atoms with Crippen LogP contribution >= 0.6 is 7.14 Å². The van der Waals surface area contributed by atoms with E-state index in [2.05, 4.69) is 418 Å². The Kier molecular flexibility index (Phi) is 20.7. The normalized spacial score (nSPS) is 11.8. The van der Waals surface area contributed by atoms with Crippen LogP contribution in [0.5, 0.6) is 0 Å². The largest absolute Gasteiger partial charge is 0.309 e. The molecule has 660 valence electrons. The van der Waals surface area contributed by atoms with Gasteiger partial charge in [-0.3, -0.25) is 4.57 Å². The van der Waals surface area contributed by atoms with Gasteiger partial charge in [0, 0.05) is 110 Å². The van der Waals surface area contributed by atoms with E-state index >= 15 is 0 Å². The fourth-order valence-corrected chi connectivity index (χ4v) is 24.1. The molecule has 23 aromatic carbocycles. The Morgan fingerprint density at radius 3 is 0.844 bits per heavy atom. The van der Waals surface area contributed by atoms with Crippen LogP contribution in [0.3, 0.4) is 0 Å². The molecular formula is C131H85N8OP. The zero-order valence-electron chi connectivity index (χ0n) is 76.8. The van der Waals surface area contributed by atoms with Crippen LogP contribution in [0, 0.1) is 0 Å². The molecule has 0 unspecified atom stereocenters. The quantitative estimate of drug-likeness (QED) is 0.0878. The Morgan fingerprint density at radius 1 is 0.206 bits per heavy atom. The number of benzene rings is 23. The number of hydrogen-bond donors (Lipinski definition) is 0. The second-order valence-corrected chi connectivity index (χ2v) is 38.9. The van der Waals surface area contributed by atoms with Gasteiger partial charge in [-0.15, -0.1) is 0 Å². The van der Waals surface area contributed by atoms with Crippen molar-refractivity contribution in [2.24, 2.45) is 0 Å². The van der Waals surface area contributed by atoms with E-state index in [1.54, 1.807) is 0 Å². The average molecular weight is 1820 g/mol. The molecule has 0 bridgehead atoms. The highest BCUT2D eigenvalue weighted by molar-refractivity contribution is 7.85. The lowest BCUT2D eigenvalue weighted by atomic mass is 9.92. The predicted molar refractivity (Wildman–Crippen MR) is 593 cm³/mol. The molecule has 10 heteroatoms. The van der Waals surface area contributed by atoms with Crippen molar-refractivity contribution in [2.45, 2.75) is 13.3 Å². The molecule has 0 fully saturated rings. The fraction of sp³-hybridized carbons (Fsp3) is 0.0153. The minimum absolute atomic E-state index is 0.622. The Hall–Kier alpha value is -18.1. The summed E-state index contributed by atoms with van der Waals surface area (Å²) in [5.74, 6) is 2.97. The van der Waals surface area contributed by atoms with Gasteiger partial charge >= 0.3 is 0 Å². The van der Waals surface area contributed by atoms with Crippen LogP contribution in [0.25, 0.3) is 247 Å². The first-order valence-corrected chi connectivity index (χ1v) is 49.7. The van der Waals surface area contributed by atoms with Gasteiger partial charge < -0.3 is 4.57 Å². The number of aromatic nitrogens is 8. The van der Waals surface area contributed by atoms with E-state index in [0.29, 0.717) is 17.5 Å². The van der Waals surface area contributed by atoms with E-state index in [9.17, 15) is 4.57 Å². The molecular weight excluding hydrogens is 1730 g/mol. The van der Waals surface area contributed by atoms with Crippen molar-refractivity contribution in [3.63, 3.8) is 0 Å². The summed E-state index contributed by atoms with van der Waals surface area (Å²) >= 11 is 0. The molecule has 0 amide bonds. The third-order valence-corrected chi connectivity index (χ3v) is 31.2. The maximum atomic E-state index is 14.9. The fourth-order valence-electron chi connectivity index (χ4n) is 21.4. The lowest BCUT2D eigenvalue weighted by Gasteiger charge is -2.20. The van der Waals surface area contributed by atoms with Crippen molar-refractivity contribution in [2.75, 3.05) is 0 Å². The molecule has 5 heterocycles. The zero-order chi connectivity index (χ0) is 93.6. The lowest BCUT2D eigenvalue weighted by Crippen LogP contribution is -2.24. The van der Waals surface area contributed by atoms with E-state index < -0.39 is 7.14 Å². The summed E-state index contributed by atoms with van der Waals surface area (Å²) in [7, 11) is -3.06. The monoisotopic (exact) mass is 1820 g/mol. The van der Waals surface area contributed by atoms with E-state index in [-0.39, 0.29) is 0 Å². The Bertz CT molecular complexity index is 9810. The van der Waals surface area contributed by atoms with Gasteiger partial charge in [-0.05, 0) is 134 Å². The summed E-state index contributed by atoms with van der Waals surface area (Å²) in [6.07, 6.45) is 0.876. The summed E-state index contributed by atoms with van der Waals surface area (Å²) in [6.45, 7) is 2.16.